The number of carboxylic acid groups (broad SMARTS) is 1. The van der Waals surface area contributed by atoms with E-state index in [1.54, 1.807) is 19.9 Å². The smallest absolute Gasteiger partial charge is 0.335 e. The minimum atomic E-state index is -0.992. The molecule has 0 radical (unpaired) electrons. The first-order valence-electron chi connectivity index (χ1n) is 4.82. The minimum absolute atomic E-state index is 0.191. The molecule has 0 heterocycles. The van der Waals surface area contributed by atoms with Gasteiger partial charge in [-0.3, -0.25) is 4.79 Å². The molecule has 1 atom stereocenters. The molecule has 0 aromatic heterocycles. The zero-order chi connectivity index (χ0) is 12.3. The second kappa shape index (κ2) is 4.76. The molecule has 1 amide bonds. The first kappa shape index (κ1) is 12.2. The lowest BCUT2D eigenvalue weighted by atomic mass is 10.1. The van der Waals surface area contributed by atoms with Crippen molar-refractivity contribution in [3.63, 3.8) is 0 Å². The summed E-state index contributed by atoms with van der Waals surface area (Å²) in [7, 11) is 0. The molecule has 5 heteroatoms. The van der Waals surface area contributed by atoms with Crippen LogP contribution in [0.2, 0.25) is 0 Å². The zero-order valence-electron chi connectivity index (χ0n) is 9.15. The van der Waals surface area contributed by atoms with Gasteiger partial charge in [0, 0.05) is 5.69 Å². The number of hydrogen-bond acceptors (Lipinski definition) is 3. The summed E-state index contributed by atoms with van der Waals surface area (Å²) in [6.45, 7) is 3.31. The fourth-order valence-corrected chi connectivity index (χ4v) is 1.18. The van der Waals surface area contributed by atoms with E-state index in [-0.39, 0.29) is 11.5 Å². The maximum atomic E-state index is 11.3. The van der Waals surface area contributed by atoms with E-state index in [0.29, 0.717) is 11.3 Å². The molecule has 4 N–H and O–H groups in total. The predicted octanol–water partition coefficient (Wildman–Crippen LogP) is 0.979. The lowest BCUT2D eigenvalue weighted by Gasteiger charge is -2.10. The number of hydrogen-bond donors (Lipinski definition) is 3. The van der Waals surface area contributed by atoms with Crippen LogP contribution in [0.5, 0.6) is 0 Å². The quantitative estimate of drug-likeness (QED) is 0.710. The van der Waals surface area contributed by atoms with Gasteiger partial charge in [-0.05, 0) is 37.6 Å². The lowest BCUT2D eigenvalue weighted by molar-refractivity contribution is -0.117. The van der Waals surface area contributed by atoms with Crippen LogP contribution >= 0.6 is 0 Å². The number of anilines is 1. The van der Waals surface area contributed by atoms with Crippen LogP contribution in [0.4, 0.5) is 5.69 Å². The van der Waals surface area contributed by atoms with Gasteiger partial charge in [0.1, 0.15) is 0 Å². The van der Waals surface area contributed by atoms with E-state index in [9.17, 15) is 9.59 Å². The molecule has 0 saturated carbocycles. The molecular weight excluding hydrogens is 208 g/mol. The molecule has 1 aromatic rings. The number of carboxylic acids is 1. The number of rotatable bonds is 3. The van der Waals surface area contributed by atoms with Gasteiger partial charge in [0.15, 0.2) is 0 Å². The Bertz CT molecular complexity index is 427. The van der Waals surface area contributed by atoms with Gasteiger partial charge >= 0.3 is 5.97 Å². The van der Waals surface area contributed by atoms with Crippen LogP contribution in [-0.4, -0.2) is 23.0 Å². The van der Waals surface area contributed by atoms with Gasteiger partial charge in [-0.2, -0.15) is 0 Å². The van der Waals surface area contributed by atoms with Crippen molar-refractivity contribution < 1.29 is 14.7 Å². The highest BCUT2D eigenvalue weighted by Crippen LogP contribution is 2.16. The zero-order valence-corrected chi connectivity index (χ0v) is 9.15. The van der Waals surface area contributed by atoms with E-state index >= 15 is 0 Å². The highest BCUT2D eigenvalue weighted by Gasteiger charge is 2.10. The predicted molar refractivity (Wildman–Crippen MR) is 60.4 cm³/mol. The molecule has 0 aliphatic rings. The molecule has 0 bridgehead atoms. The molecule has 16 heavy (non-hydrogen) atoms. The first-order chi connectivity index (χ1) is 7.41. The molecule has 0 unspecified atom stereocenters. The van der Waals surface area contributed by atoms with Crippen molar-refractivity contribution in [2.24, 2.45) is 5.73 Å². The normalized spacial score (nSPS) is 11.9. The monoisotopic (exact) mass is 222 g/mol. The minimum Gasteiger partial charge on any atom is -0.478 e. The van der Waals surface area contributed by atoms with Gasteiger partial charge in [0.25, 0.3) is 0 Å². The van der Waals surface area contributed by atoms with Gasteiger partial charge in [-0.25, -0.2) is 4.79 Å². The Labute approximate surface area is 93.3 Å². The number of amides is 1. The van der Waals surface area contributed by atoms with Crippen molar-refractivity contribution in [2.45, 2.75) is 19.9 Å². The summed E-state index contributed by atoms with van der Waals surface area (Å²) in [5, 5.41) is 11.4. The SMILES string of the molecule is Cc1cc(C(=O)O)ccc1NC(=O)[C@H](C)N. The Balaban J connectivity index is 2.91. The highest BCUT2D eigenvalue weighted by atomic mass is 16.4. The van der Waals surface area contributed by atoms with Crippen molar-refractivity contribution in [2.75, 3.05) is 5.32 Å². The summed E-state index contributed by atoms with van der Waals surface area (Å²) in [5.74, 6) is -1.29. The van der Waals surface area contributed by atoms with E-state index < -0.39 is 12.0 Å². The van der Waals surface area contributed by atoms with Crippen molar-refractivity contribution in [3.05, 3.63) is 29.3 Å². The molecule has 0 spiro atoms. The van der Waals surface area contributed by atoms with Gasteiger partial charge in [-0.15, -0.1) is 0 Å². The third-order valence-corrected chi connectivity index (χ3v) is 2.14. The number of nitrogens with one attached hydrogen (secondary N) is 1. The van der Waals surface area contributed by atoms with E-state index in [2.05, 4.69) is 5.32 Å². The maximum absolute atomic E-state index is 11.3. The molecule has 1 aromatic carbocycles. The van der Waals surface area contributed by atoms with Crippen LogP contribution in [0.25, 0.3) is 0 Å². The second-order valence-corrected chi connectivity index (χ2v) is 3.61. The lowest BCUT2D eigenvalue weighted by Crippen LogP contribution is -2.32. The van der Waals surface area contributed by atoms with E-state index in [1.165, 1.54) is 12.1 Å². The van der Waals surface area contributed by atoms with Gasteiger partial charge in [-0.1, -0.05) is 0 Å². The van der Waals surface area contributed by atoms with Crippen LogP contribution < -0.4 is 11.1 Å². The number of aromatic carboxylic acids is 1. The van der Waals surface area contributed by atoms with Crippen LogP contribution in [0.3, 0.4) is 0 Å². The number of aryl methyl sites for hydroxylation is 1. The highest BCUT2D eigenvalue weighted by molar-refractivity contribution is 5.96. The molecule has 0 aliphatic heterocycles. The van der Waals surface area contributed by atoms with Crippen molar-refractivity contribution in [1.82, 2.24) is 0 Å². The van der Waals surface area contributed by atoms with E-state index in [0.717, 1.165) is 0 Å². The van der Waals surface area contributed by atoms with Crippen LogP contribution in [-0.2, 0) is 4.79 Å². The topological polar surface area (TPSA) is 92.4 Å². The Kier molecular flexibility index (Phi) is 3.63. The molecule has 1 rings (SSSR count). The van der Waals surface area contributed by atoms with E-state index in [4.69, 9.17) is 10.8 Å². The number of benzene rings is 1. The van der Waals surface area contributed by atoms with Crippen molar-refractivity contribution in [3.8, 4) is 0 Å². The van der Waals surface area contributed by atoms with Gasteiger partial charge in [0.05, 0.1) is 11.6 Å². The third kappa shape index (κ3) is 2.80. The molecular formula is C11H14N2O3. The first-order valence-corrected chi connectivity index (χ1v) is 4.82. The summed E-state index contributed by atoms with van der Waals surface area (Å²) in [6, 6.07) is 3.89. The molecule has 0 aliphatic carbocycles. The summed E-state index contributed by atoms with van der Waals surface area (Å²) in [6.07, 6.45) is 0. The summed E-state index contributed by atoms with van der Waals surface area (Å²) in [5.41, 5.74) is 6.86. The summed E-state index contributed by atoms with van der Waals surface area (Å²) >= 11 is 0. The summed E-state index contributed by atoms with van der Waals surface area (Å²) in [4.78, 5) is 22.0. The fraction of sp³-hybridized carbons (Fsp3) is 0.273. The van der Waals surface area contributed by atoms with E-state index in [1.807, 2.05) is 0 Å². The molecule has 0 fully saturated rings. The number of nitrogens with two attached hydrogens (primary N) is 1. The van der Waals surface area contributed by atoms with Crippen LogP contribution in [0.15, 0.2) is 18.2 Å². The Morgan fingerprint density at radius 2 is 2.06 bits per heavy atom. The van der Waals surface area contributed by atoms with Crippen molar-refractivity contribution in [1.29, 1.82) is 0 Å². The molecule has 5 nitrogen and oxygen atoms in total. The van der Waals surface area contributed by atoms with Gasteiger partial charge in [0.2, 0.25) is 5.91 Å². The average molecular weight is 222 g/mol. The number of carbonyl (C=O) groups is 2. The second-order valence-electron chi connectivity index (χ2n) is 3.61. The fourth-order valence-electron chi connectivity index (χ4n) is 1.18. The van der Waals surface area contributed by atoms with Gasteiger partial charge < -0.3 is 16.2 Å². The Hall–Kier alpha value is -1.88. The number of carbonyl (C=O) groups excluding carboxylic acids is 1. The summed E-state index contributed by atoms with van der Waals surface area (Å²) < 4.78 is 0. The van der Waals surface area contributed by atoms with Crippen LogP contribution in [0.1, 0.15) is 22.8 Å². The largest absolute Gasteiger partial charge is 0.478 e. The average Bonchev–Trinajstić information content (AvgIpc) is 2.20. The molecule has 0 saturated heterocycles. The Morgan fingerprint density at radius 3 is 2.50 bits per heavy atom. The van der Waals surface area contributed by atoms with Crippen molar-refractivity contribution >= 4 is 17.6 Å². The van der Waals surface area contributed by atoms with Crippen LogP contribution in [0, 0.1) is 6.92 Å². The molecule has 86 valence electrons. The Morgan fingerprint density at radius 1 is 1.44 bits per heavy atom. The third-order valence-electron chi connectivity index (χ3n) is 2.14. The maximum Gasteiger partial charge on any atom is 0.335 e. The standard InChI is InChI=1S/C11H14N2O3/c1-6-5-8(11(15)16)3-4-9(6)13-10(14)7(2)12/h3-5,7H,12H2,1-2H3,(H,13,14)(H,15,16)/t7-/m0/s1.